The highest BCUT2D eigenvalue weighted by atomic mass is 16.6. The fourth-order valence-corrected chi connectivity index (χ4v) is 1.91. The lowest BCUT2D eigenvalue weighted by molar-refractivity contribution is -0.134. The van der Waals surface area contributed by atoms with Gasteiger partial charge in [0.2, 0.25) is 0 Å². The monoisotopic (exact) mass is 313 g/mol. The molecule has 0 saturated carbocycles. The first-order valence-electron chi connectivity index (χ1n) is 7.30. The van der Waals surface area contributed by atoms with E-state index in [1.165, 1.54) is 7.11 Å². The second kappa shape index (κ2) is 7.98. The lowest BCUT2D eigenvalue weighted by Crippen LogP contribution is -2.15. The Bertz CT molecular complexity index is 710. The summed E-state index contributed by atoms with van der Waals surface area (Å²) in [6.07, 6.45) is 0.281. The minimum atomic E-state index is -0.329. The average molecular weight is 313 g/mol. The van der Waals surface area contributed by atoms with E-state index in [9.17, 15) is 4.79 Å². The van der Waals surface area contributed by atoms with Crippen molar-refractivity contribution in [1.82, 2.24) is 0 Å². The van der Waals surface area contributed by atoms with Crippen LogP contribution in [0.15, 0.2) is 53.7 Å². The van der Waals surface area contributed by atoms with Gasteiger partial charge in [-0.3, -0.25) is 4.79 Å². The normalized spacial score (nSPS) is 11.0. The summed E-state index contributed by atoms with van der Waals surface area (Å²) in [7, 11) is 1.43. The van der Waals surface area contributed by atoms with Gasteiger partial charge >= 0.3 is 5.97 Å². The van der Waals surface area contributed by atoms with Crippen LogP contribution >= 0.6 is 0 Å². The number of ether oxygens (including phenoxy) is 2. The third kappa shape index (κ3) is 4.32. The summed E-state index contributed by atoms with van der Waals surface area (Å²) >= 11 is 0. The molecule has 0 bridgehead atoms. The van der Waals surface area contributed by atoms with Crippen LogP contribution in [0.2, 0.25) is 0 Å². The minimum absolute atomic E-state index is 0.223. The molecule has 5 heteroatoms. The number of oxime groups is 1. The van der Waals surface area contributed by atoms with Gasteiger partial charge in [-0.15, -0.1) is 0 Å². The maximum absolute atomic E-state index is 11.6. The first-order chi connectivity index (χ1) is 11.2. The van der Waals surface area contributed by atoms with Gasteiger partial charge in [-0.25, -0.2) is 0 Å². The van der Waals surface area contributed by atoms with E-state index >= 15 is 0 Å². The van der Waals surface area contributed by atoms with Crippen molar-refractivity contribution in [3.63, 3.8) is 0 Å². The molecule has 0 atom stereocenters. The molecule has 0 N–H and O–H groups in total. The van der Waals surface area contributed by atoms with Crippen LogP contribution in [0.5, 0.6) is 11.5 Å². The molecule has 0 aliphatic heterocycles. The second-order valence-electron chi connectivity index (χ2n) is 4.77. The van der Waals surface area contributed by atoms with Crippen LogP contribution in [0, 0.1) is 6.92 Å². The van der Waals surface area contributed by atoms with E-state index in [0.29, 0.717) is 17.1 Å². The summed E-state index contributed by atoms with van der Waals surface area (Å²) in [4.78, 5) is 16.5. The first kappa shape index (κ1) is 16.5. The number of nitrogens with zero attached hydrogens (tertiary/aromatic N) is 1. The number of aryl methyl sites for hydroxylation is 1. The summed E-state index contributed by atoms with van der Waals surface area (Å²) in [5, 5.41) is 3.93. The molecule has 0 aliphatic rings. The van der Waals surface area contributed by atoms with Crippen LogP contribution in [0.25, 0.3) is 0 Å². The predicted octanol–water partition coefficient (Wildman–Crippen LogP) is 3.70. The van der Waals surface area contributed by atoms with Gasteiger partial charge in [0.25, 0.3) is 5.90 Å². The van der Waals surface area contributed by atoms with Crippen molar-refractivity contribution in [3.8, 4) is 11.5 Å². The van der Waals surface area contributed by atoms with Crippen LogP contribution in [-0.4, -0.2) is 19.0 Å². The lowest BCUT2D eigenvalue weighted by atomic mass is 10.2. The summed E-state index contributed by atoms with van der Waals surface area (Å²) in [6, 6.07) is 14.6. The lowest BCUT2D eigenvalue weighted by Gasteiger charge is -2.13. The molecule has 0 aliphatic carbocycles. The van der Waals surface area contributed by atoms with Crippen LogP contribution in [-0.2, 0) is 9.63 Å². The van der Waals surface area contributed by atoms with Gasteiger partial charge in [-0.05, 0) is 35.8 Å². The zero-order chi connectivity index (χ0) is 16.7. The van der Waals surface area contributed by atoms with Crippen LogP contribution in [0.4, 0.5) is 0 Å². The highest BCUT2D eigenvalue weighted by Gasteiger charge is 2.16. The quantitative estimate of drug-likeness (QED) is 0.278. The highest BCUT2D eigenvalue weighted by molar-refractivity contribution is 5.98. The number of esters is 1. The third-order valence-electron chi connectivity index (χ3n) is 3.10. The van der Waals surface area contributed by atoms with E-state index in [2.05, 4.69) is 5.16 Å². The largest absolute Gasteiger partial charge is 0.436 e. The Labute approximate surface area is 135 Å². The van der Waals surface area contributed by atoms with E-state index in [1.807, 2.05) is 37.3 Å². The van der Waals surface area contributed by atoms with Gasteiger partial charge in [-0.1, -0.05) is 37.3 Å². The summed E-state index contributed by atoms with van der Waals surface area (Å²) in [5.74, 6) is 0.926. The molecule has 120 valence electrons. The second-order valence-corrected chi connectivity index (χ2v) is 4.77. The summed E-state index contributed by atoms with van der Waals surface area (Å²) < 4.78 is 11.2. The predicted molar refractivity (Wildman–Crippen MR) is 87.7 cm³/mol. The smallest absolute Gasteiger partial charge is 0.310 e. The standard InChI is InChI=1S/C18H19NO4/c1-4-17(20)22-16-12-8-6-10-14(16)18(19-21-3)23-15-11-7-5-9-13(15)2/h5-12H,4H2,1-3H3/b19-18+. The molecular weight excluding hydrogens is 294 g/mol. The first-order valence-corrected chi connectivity index (χ1v) is 7.30. The molecule has 0 saturated heterocycles. The molecule has 23 heavy (non-hydrogen) atoms. The number of para-hydroxylation sites is 2. The fraction of sp³-hybridized carbons (Fsp3) is 0.222. The molecule has 0 heterocycles. The van der Waals surface area contributed by atoms with E-state index in [-0.39, 0.29) is 18.3 Å². The third-order valence-corrected chi connectivity index (χ3v) is 3.10. The Morgan fingerprint density at radius 3 is 2.30 bits per heavy atom. The van der Waals surface area contributed by atoms with Crippen LogP contribution < -0.4 is 9.47 Å². The van der Waals surface area contributed by atoms with Gasteiger partial charge in [0.1, 0.15) is 18.6 Å². The summed E-state index contributed by atoms with van der Waals surface area (Å²) in [5.41, 5.74) is 1.50. The molecule has 5 nitrogen and oxygen atoms in total. The molecule has 0 radical (unpaired) electrons. The maximum Gasteiger partial charge on any atom is 0.310 e. The van der Waals surface area contributed by atoms with Gasteiger partial charge < -0.3 is 14.3 Å². The number of benzene rings is 2. The molecule has 2 aromatic carbocycles. The number of hydrogen-bond donors (Lipinski definition) is 0. The molecular formula is C18H19NO4. The van der Waals surface area contributed by atoms with Gasteiger partial charge in [0.15, 0.2) is 0 Å². The number of carbonyl (C=O) groups excluding carboxylic acids is 1. The Morgan fingerprint density at radius 1 is 1.00 bits per heavy atom. The van der Waals surface area contributed by atoms with E-state index in [0.717, 1.165) is 5.56 Å². The topological polar surface area (TPSA) is 57.1 Å². The Morgan fingerprint density at radius 2 is 1.65 bits per heavy atom. The fourth-order valence-electron chi connectivity index (χ4n) is 1.91. The molecule has 2 rings (SSSR count). The summed E-state index contributed by atoms with van der Waals surface area (Å²) in [6.45, 7) is 3.67. The van der Waals surface area contributed by atoms with Crippen molar-refractivity contribution < 1.29 is 19.1 Å². The Kier molecular flexibility index (Phi) is 5.74. The molecule has 0 amide bonds. The average Bonchev–Trinajstić information content (AvgIpc) is 2.57. The Hall–Kier alpha value is -2.82. The van der Waals surface area contributed by atoms with Crippen molar-refractivity contribution in [1.29, 1.82) is 0 Å². The zero-order valence-electron chi connectivity index (χ0n) is 13.4. The van der Waals surface area contributed by atoms with Crippen molar-refractivity contribution >= 4 is 11.9 Å². The van der Waals surface area contributed by atoms with E-state index in [4.69, 9.17) is 14.3 Å². The SMILES string of the molecule is CCC(=O)Oc1ccccc1/C(=N\OC)Oc1ccccc1C. The van der Waals surface area contributed by atoms with Crippen molar-refractivity contribution in [2.75, 3.05) is 7.11 Å². The molecule has 2 aromatic rings. The van der Waals surface area contributed by atoms with E-state index < -0.39 is 0 Å². The zero-order valence-corrected chi connectivity index (χ0v) is 13.4. The molecule has 0 unspecified atom stereocenters. The molecule has 0 fully saturated rings. The van der Waals surface area contributed by atoms with Crippen LogP contribution in [0.1, 0.15) is 24.5 Å². The van der Waals surface area contributed by atoms with Crippen molar-refractivity contribution in [2.24, 2.45) is 5.16 Å². The van der Waals surface area contributed by atoms with Crippen molar-refractivity contribution in [2.45, 2.75) is 20.3 Å². The van der Waals surface area contributed by atoms with Gasteiger partial charge in [0, 0.05) is 6.42 Å². The molecule has 0 aromatic heterocycles. The number of hydrogen-bond acceptors (Lipinski definition) is 5. The van der Waals surface area contributed by atoms with Crippen LogP contribution in [0.3, 0.4) is 0 Å². The van der Waals surface area contributed by atoms with E-state index in [1.54, 1.807) is 25.1 Å². The molecule has 0 spiro atoms. The minimum Gasteiger partial charge on any atom is -0.436 e. The van der Waals surface area contributed by atoms with Gasteiger partial charge in [-0.2, -0.15) is 0 Å². The maximum atomic E-state index is 11.6. The highest BCUT2D eigenvalue weighted by Crippen LogP contribution is 2.23. The number of carbonyl (C=O) groups is 1. The number of rotatable bonds is 5. The van der Waals surface area contributed by atoms with Gasteiger partial charge in [0.05, 0.1) is 5.56 Å². The van der Waals surface area contributed by atoms with Crippen molar-refractivity contribution in [3.05, 3.63) is 59.7 Å². The Balaban J connectivity index is 2.37.